The largest absolute Gasteiger partial charge is 0.394 e. The van der Waals surface area contributed by atoms with Crippen LogP contribution in [0.4, 0.5) is 4.39 Å². The Morgan fingerprint density at radius 2 is 2.35 bits per heavy atom. The van der Waals surface area contributed by atoms with Gasteiger partial charge in [0.15, 0.2) is 0 Å². The highest BCUT2D eigenvalue weighted by Gasteiger charge is 2.30. The Hall–Kier alpha value is -1.13. The fourth-order valence-electron chi connectivity index (χ4n) is 2.11. The average Bonchev–Trinajstić information content (AvgIpc) is 2.76. The predicted octanol–water partition coefficient (Wildman–Crippen LogP) is 2.08. The highest BCUT2D eigenvalue weighted by atomic mass is 35.5. The Balaban J connectivity index is 2.24. The van der Waals surface area contributed by atoms with Gasteiger partial charge in [-0.15, -0.1) is 0 Å². The minimum atomic E-state index is -0.619. The molecule has 0 bridgehead atoms. The molecule has 1 aromatic rings. The number of hydrogen-bond acceptors (Lipinski definition) is 2. The SMILES string of the molecule is O=C(c1ccc(Cl)cc1F)N1CCCC1CO. The average molecular weight is 258 g/mol. The van der Waals surface area contributed by atoms with Crippen LogP contribution in [0.1, 0.15) is 23.2 Å². The molecular weight excluding hydrogens is 245 g/mol. The van der Waals surface area contributed by atoms with Crippen molar-refractivity contribution in [2.75, 3.05) is 13.2 Å². The summed E-state index contributed by atoms with van der Waals surface area (Å²) in [4.78, 5) is 13.6. The second-order valence-corrected chi connectivity index (χ2v) is 4.54. The highest BCUT2D eigenvalue weighted by molar-refractivity contribution is 6.30. The molecule has 0 spiro atoms. The van der Waals surface area contributed by atoms with Crippen LogP contribution in [0.3, 0.4) is 0 Å². The van der Waals surface area contributed by atoms with Crippen molar-refractivity contribution in [3.8, 4) is 0 Å². The molecule has 1 aliphatic rings. The molecule has 0 saturated carbocycles. The number of carbonyl (C=O) groups excluding carboxylic acids is 1. The molecular formula is C12H13ClFNO2. The number of benzene rings is 1. The van der Waals surface area contributed by atoms with Crippen molar-refractivity contribution >= 4 is 17.5 Å². The molecule has 1 heterocycles. The van der Waals surface area contributed by atoms with Crippen LogP contribution in [0, 0.1) is 5.82 Å². The number of halogens is 2. The molecule has 2 rings (SSSR count). The third-order valence-electron chi connectivity index (χ3n) is 3.01. The third-order valence-corrected chi connectivity index (χ3v) is 3.25. The zero-order valence-electron chi connectivity index (χ0n) is 9.20. The molecule has 1 aromatic carbocycles. The third kappa shape index (κ3) is 2.42. The number of hydrogen-bond donors (Lipinski definition) is 1. The van der Waals surface area contributed by atoms with Gasteiger partial charge in [-0.1, -0.05) is 11.6 Å². The zero-order chi connectivity index (χ0) is 12.4. The summed E-state index contributed by atoms with van der Waals surface area (Å²) >= 11 is 5.63. The maximum absolute atomic E-state index is 13.6. The number of rotatable bonds is 2. The van der Waals surface area contributed by atoms with Gasteiger partial charge in [0.1, 0.15) is 5.82 Å². The van der Waals surface area contributed by atoms with E-state index in [1.165, 1.54) is 17.0 Å². The van der Waals surface area contributed by atoms with E-state index in [1.807, 2.05) is 0 Å². The molecule has 5 heteroatoms. The topological polar surface area (TPSA) is 40.5 Å². The van der Waals surface area contributed by atoms with Gasteiger partial charge in [-0.2, -0.15) is 0 Å². The van der Waals surface area contributed by atoms with Crippen molar-refractivity contribution in [2.45, 2.75) is 18.9 Å². The van der Waals surface area contributed by atoms with Gasteiger partial charge in [-0.25, -0.2) is 4.39 Å². The minimum absolute atomic E-state index is 0.00903. The van der Waals surface area contributed by atoms with Gasteiger partial charge in [0.2, 0.25) is 0 Å². The van der Waals surface area contributed by atoms with Crippen LogP contribution < -0.4 is 0 Å². The molecule has 0 aliphatic carbocycles. The maximum Gasteiger partial charge on any atom is 0.257 e. The lowest BCUT2D eigenvalue weighted by Crippen LogP contribution is -2.38. The molecule has 17 heavy (non-hydrogen) atoms. The van der Waals surface area contributed by atoms with Crippen LogP contribution >= 0.6 is 11.6 Å². The summed E-state index contributed by atoms with van der Waals surface area (Å²) in [5, 5.41) is 9.40. The monoisotopic (exact) mass is 257 g/mol. The number of amides is 1. The first kappa shape index (κ1) is 12.3. The Morgan fingerprint density at radius 1 is 1.59 bits per heavy atom. The van der Waals surface area contributed by atoms with Crippen LogP contribution in [0.25, 0.3) is 0 Å². The molecule has 0 aromatic heterocycles. The molecule has 1 saturated heterocycles. The van der Waals surface area contributed by atoms with E-state index in [0.717, 1.165) is 18.9 Å². The summed E-state index contributed by atoms with van der Waals surface area (Å²) in [6, 6.07) is 3.80. The Kier molecular flexibility index (Phi) is 3.64. The fourth-order valence-corrected chi connectivity index (χ4v) is 2.27. The summed E-state index contributed by atoms with van der Waals surface area (Å²) in [7, 11) is 0. The van der Waals surface area contributed by atoms with E-state index >= 15 is 0 Å². The number of likely N-dealkylation sites (tertiary alicyclic amines) is 1. The molecule has 1 fully saturated rings. The van der Waals surface area contributed by atoms with Crippen molar-refractivity contribution in [3.05, 3.63) is 34.6 Å². The molecule has 1 amide bonds. The van der Waals surface area contributed by atoms with Gasteiger partial charge in [0, 0.05) is 11.6 Å². The summed E-state index contributed by atoms with van der Waals surface area (Å²) in [6.07, 6.45) is 1.60. The summed E-state index contributed by atoms with van der Waals surface area (Å²) < 4.78 is 13.6. The van der Waals surface area contributed by atoms with Gasteiger partial charge < -0.3 is 10.0 Å². The summed E-state index contributed by atoms with van der Waals surface area (Å²) in [5.74, 6) is -0.998. The van der Waals surface area contributed by atoms with E-state index in [2.05, 4.69) is 0 Å². The van der Waals surface area contributed by atoms with E-state index in [9.17, 15) is 9.18 Å². The molecule has 0 radical (unpaired) electrons. The molecule has 92 valence electrons. The smallest absolute Gasteiger partial charge is 0.257 e. The van der Waals surface area contributed by atoms with E-state index in [0.29, 0.717) is 6.54 Å². The first-order valence-corrected chi connectivity index (χ1v) is 5.88. The van der Waals surface area contributed by atoms with E-state index in [1.54, 1.807) is 0 Å². The maximum atomic E-state index is 13.6. The summed E-state index contributed by atoms with van der Waals surface area (Å²) in [6.45, 7) is 0.479. The zero-order valence-corrected chi connectivity index (χ0v) is 9.95. The Labute approximate surface area is 104 Å². The quantitative estimate of drug-likeness (QED) is 0.881. The Bertz CT molecular complexity index is 439. The number of aliphatic hydroxyl groups excluding tert-OH is 1. The predicted molar refractivity (Wildman–Crippen MR) is 62.6 cm³/mol. The molecule has 1 atom stereocenters. The van der Waals surface area contributed by atoms with Crippen molar-refractivity contribution < 1.29 is 14.3 Å². The lowest BCUT2D eigenvalue weighted by Gasteiger charge is -2.23. The lowest BCUT2D eigenvalue weighted by atomic mass is 10.1. The van der Waals surface area contributed by atoms with Crippen molar-refractivity contribution in [1.29, 1.82) is 0 Å². The molecule has 1 N–H and O–H groups in total. The number of carbonyl (C=O) groups is 1. The Morgan fingerprint density at radius 3 is 3.00 bits per heavy atom. The second kappa shape index (κ2) is 5.02. The van der Waals surface area contributed by atoms with E-state index in [4.69, 9.17) is 16.7 Å². The first-order valence-electron chi connectivity index (χ1n) is 5.50. The van der Waals surface area contributed by atoms with Crippen LogP contribution in [-0.4, -0.2) is 35.1 Å². The highest BCUT2D eigenvalue weighted by Crippen LogP contribution is 2.22. The van der Waals surface area contributed by atoms with Gasteiger partial charge in [-0.05, 0) is 31.0 Å². The standard InChI is InChI=1S/C12H13ClFNO2/c13-8-3-4-10(11(14)6-8)12(17)15-5-1-2-9(15)7-16/h3-4,6,9,16H,1-2,5,7H2. The van der Waals surface area contributed by atoms with Gasteiger partial charge in [0.25, 0.3) is 5.91 Å². The minimum Gasteiger partial charge on any atom is -0.394 e. The van der Waals surface area contributed by atoms with Crippen LogP contribution in [-0.2, 0) is 0 Å². The second-order valence-electron chi connectivity index (χ2n) is 4.10. The van der Waals surface area contributed by atoms with E-state index in [-0.39, 0.29) is 29.1 Å². The van der Waals surface area contributed by atoms with Gasteiger partial charge >= 0.3 is 0 Å². The van der Waals surface area contributed by atoms with Crippen molar-refractivity contribution in [1.82, 2.24) is 4.90 Å². The van der Waals surface area contributed by atoms with Crippen LogP contribution in [0.5, 0.6) is 0 Å². The lowest BCUT2D eigenvalue weighted by molar-refractivity contribution is 0.0673. The normalized spacial score (nSPS) is 19.7. The first-order chi connectivity index (χ1) is 8.13. The van der Waals surface area contributed by atoms with Crippen LogP contribution in [0.2, 0.25) is 5.02 Å². The van der Waals surface area contributed by atoms with E-state index < -0.39 is 5.82 Å². The number of aliphatic hydroxyl groups is 1. The van der Waals surface area contributed by atoms with Gasteiger partial charge in [0.05, 0.1) is 18.2 Å². The fraction of sp³-hybridized carbons (Fsp3) is 0.417. The van der Waals surface area contributed by atoms with Gasteiger partial charge in [-0.3, -0.25) is 4.79 Å². The molecule has 1 unspecified atom stereocenters. The van der Waals surface area contributed by atoms with Crippen LogP contribution in [0.15, 0.2) is 18.2 Å². The van der Waals surface area contributed by atoms with Crippen molar-refractivity contribution in [3.63, 3.8) is 0 Å². The molecule has 1 aliphatic heterocycles. The van der Waals surface area contributed by atoms with Crippen molar-refractivity contribution in [2.24, 2.45) is 0 Å². The molecule has 3 nitrogen and oxygen atoms in total. The number of nitrogens with zero attached hydrogens (tertiary/aromatic N) is 1. The summed E-state index contributed by atoms with van der Waals surface area (Å²) in [5.41, 5.74) is 0.00903.